The zero-order valence-corrected chi connectivity index (χ0v) is 12.1. The zero-order chi connectivity index (χ0) is 13.2. The van der Waals surface area contributed by atoms with Gasteiger partial charge in [0.2, 0.25) is 0 Å². The van der Waals surface area contributed by atoms with E-state index in [0.717, 1.165) is 12.8 Å². The van der Waals surface area contributed by atoms with Crippen molar-refractivity contribution in [2.75, 3.05) is 7.11 Å². The number of hydrogen-bond donors (Lipinski definition) is 1. The van der Waals surface area contributed by atoms with Crippen LogP contribution in [0.2, 0.25) is 0 Å². The molecule has 0 bridgehead atoms. The number of thiophene rings is 1. The van der Waals surface area contributed by atoms with Gasteiger partial charge in [0.05, 0.1) is 5.60 Å². The highest BCUT2D eigenvalue weighted by Gasteiger charge is 2.21. The number of methoxy groups -OCH3 is 1. The number of hydrogen-bond acceptors (Lipinski definition) is 3. The maximum Gasteiger partial charge on any atom is 0.0637 e. The Morgan fingerprint density at radius 3 is 2.78 bits per heavy atom. The van der Waals surface area contributed by atoms with E-state index in [4.69, 9.17) is 10.5 Å². The van der Waals surface area contributed by atoms with E-state index in [-0.39, 0.29) is 11.6 Å². The summed E-state index contributed by atoms with van der Waals surface area (Å²) in [5, 5.41) is 3.57. The molecule has 1 atom stereocenters. The fourth-order valence-corrected chi connectivity index (χ4v) is 3.24. The van der Waals surface area contributed by atoms with Crippen molar-refractivity contribution in [3.05, 3.63) is 35.2 Å². The van der Waals surface area contributed by atoms with E-state index in [0.29, 0.717) is 0 Å². The Hall–Kier alpha value is -0.900. The summed E-state index contributed by atoms with van der Waals surface area (Å²) in [4.78, 5) is 0. The fourth-order valence-electron chi connectivity index (χ4n) is 2.26. The maximum absolute atomic E-state index is 6.24. The van der Waals surface area contributed by atoms with E-state index in [9.17, 15) is 0 Å². The lowest BCUT2D eigenvalue weighted by molar-refractivity contribution is 0.0102. The average Bonchev–Trinajstić information content (AvgIpc) is 2.72. The standard InChI is InChI=1S/C15H21NOS/c1-15(2,17-3)9-12(16)8-11-10-18-14-7-5-4-6-13(11)14/h4-7,10,12H,8-9,16H2,1-3H3. The van der Waals surface area contributed by atoms with Crippen molar-refractivity contribution in [1.82, 2.24) is 0 Å². The van der Waals surface area contributed by atoms with Crippen LogP contribution in [0.4, 0.5) is 0 Å². The summed E-state index contributed by atoms with van der Waals surface area (Å²) in [6.07, 6.45) is 1.78. The molecule has 0 amide bonds. The van der Waals surface area contributed by atoms with Gasteiger partial charge in [0.1, 0.15) is 0 Å². The summed E-state index contributed by atoms with van der Waals surface area (Å²) >= 11 is 1.79. The van der Waals surface area contributed by atoms with Gasteiger partial charge in [-0.05, 0) is 49.1 Å². The predicted molar refractivity (Wildman–Crippen MR) is 79.2 cm³/mol. The van der Waals surface area contributed by atoms with Gasteiger partial charge in [-0.3, -0.25) is 0 Å². The molecular weight excluding hydrogens is 242 g/mol. The Kier molecular flexibility index (Phi) is 4.05. The minimum atomic E-state index is -0.148. The molecule has 1 unspecified atom stereocenters. The minimum absolute atomic E-state index is 0.137. The van der Waals surface area contributed by atoms with Crippen molar-refractivity contribution in [2.45, 2.75) is 38.3 Å². The predicted octanol–water partition coefficient (Wildman–Crippen LogP) is 3.59. The Bertz CT molecular complexity index is 518. The normalized spacial score (nSPS) is 14.0. The number of nitrogens with two attached hydrogens (primary N) is 1. The number of benzene rings is 1. The highest BCUT2D eigenvalue weighted by molar-refractivity contribution is 7.17. The molecule has 0 aliphatic carbocycles. The highest BCUT2D eigenvalue weighted by Crippen LogP contribution is 2.27. The van der Waals surface area contributed by atoms with Crippen LogP contribution in [-0.2, 0) is 11.2 Å². The molecule has 1 heterocycles. The number of ether oxygens (including phenoxy) is 1. The summed E-state index contributed by atoms with van der Waals surface area (Å²) in [6.45, 7) is 4.16. The van der Waals surface area contributed by atoms with Crippen LogP contribution in [0, 0.1) is 0 Å². The largest absolute Gasteiger partial charge is 0.379 e. The zero-order valence-electron chi connectivity index (χ0n) is 11.3. The SMILES string of the molecule is COC(C)(C)CC(N)Cc1csc2ccccc12. The molecule has 3 heteroatoms. The molecule has 2 rings (SSSR count). The van der Waals surface area contributed by atoms with Gasteiger partial charge >= 0.3 is 0 Å². The second-order valence-electron chi connectivity index (χ2n) is 5.39. The van der Waals surface area contributed by atoms with Crippen molar-refractivity contribution in [3.8, 4) is 0 Å². The van der Waals surface area contributed by atoms with Crippen LogP contribution in [-0.4, -0.2) is 18.8 Å². The number of rotatable bonds is 5. The van der Waals surface area contributed by atoms with Crippen LogP contribution in [0.3, 0.4) is 0 Å². The van der Waals surface area contributed by atoms with Crippen molar-refractivity contribution in [1.29, 1.82) is 0 Å². The van der Waals surface area contributed by atoms with E-state index in [2.05, 4.69) is 43.5 Å². The van der Waals surface area contributed by atoms with E-state index in [1.54, 1.807) is 18.4 Å². The lowest BCUT2D eigenvalue weighted by Gasteiger charge is -2.26. The van der Waals surface area contributed by atoms with Crippen LogP contribution < -0.4 is 5.73 Å². The first-order valence-corrected chi connectivity index (χ1v) is 7.15. The lowest BCUT2D eigenvalue weighted by atomic mass is 9.94. The summed E-state index contributed by atoms with van der Waals surface area (Å²) < 4.78 is 6.78. The van der Waals surface area contributed by atoms with E-state index >= 15 is 0 Å². The second kappa shape index (κ2) is 5.39. The molecule has 2 aromatic rings. The monoisotopic (exact) mass is 263 g/mol. The molecule has 0 aliphatic heterocycles. The van der Waals surface area contributed by atoms with Crippen LogP contribution in [0.25, 0.3) is 10.1 Å². The van der Waals surface area contributed by atoms with E-state index in [1.807, 2.05) is 0 Å². The smallest absolute Gasteiger partial charge is 0.0637 e. The summed E-state index contributed by atoms with van der Waals surface area (Å²) in [5.74, 6) is 0. The molecule has 1 aromatic carbocycles. The lowest BCUT2D eigenvalue weighted by Crippen LogP contribution is -2.34. The van der Waals surface area contributed by atoms with Crippen molar-refractivity contribution in [2.24, 2.45) is 5.73 Å². The van der Waals surface area contributed by atoms with Gasteiger partial charge in [0.15, 0.2) is 0 Å². The summed E-state index contributed by atoms with van der Waals surface area (Å²) in [7, 11) is 1.74. The molecule has 18 heavy (non-hydrogen) atoms. The second-order valence-corrected chi connectivity index (χ2v) is 6.30. The third-order valence-corrected chi connectivity index (χ3v) is 4.36. The van der Waals surface area contributed by atoms with Crippen molar-refractivity contribution >= 4 is 21.4 Å². The fraction of sp³-hybridized carbons (Fsp3) is 0.467. The van der Waals surface area contributed by atoms with Crippen molar-refractivity contribution < 1.29 is 4.74 Å². The van der Waals surface area contributed by atoms with Crippen molar-refractivity contribution in [3.63, 3.8) is 0 Å². The molecule has 0 saturated heterocycles. The minimum Gasteiger partial charge on any atom is -0.379 e. The maximum atomic E-state index is 6.24. The van der Waals surface area contributed by atoms with Crippen LogP contribution in [0.5, 0.6) is 0 Å². The topological polar surface area (TPSA) is 35.2 Å². The average molecular weight is 263 g/mol. The van der Waals surface area contributed by atoms with Gasteiger partial charge in [0.25, 0.3) is 0 Å². The van der Waals surface area contributed by atoms with Gasteiger partial charge < -0.3 is 10.5 Å². The molecule has 1 aromatic heterocycles. The first kappa shape index (κ1) is 13.5. The quantitative estimate of drug-likeness (QED) is 0.894. The van der Waals surface area contributed by atoms with Crippen LogP contribution >= 0.6 is 11.3 Å². The molecule has 0 aliphatic rings. The van der Waals surface area contributed by atoms with Gasteiger partial charge in [0, 0.05) is 17.9 Å². The van der Waals surface area contributed by atoms with E-state index in [1.165, 1.54) is 15.6 Å². The van der Waals surface area contributed by atoms with Gasteiger partial charge in [-0.2, -0.15) is 0 Å². The Balaban J connectivity index is 2.09. The summed E-state index contributed by atoms with van der Waals surface area (Å²) in [5.41, 5.74) is 7.45. The summed E-state index contributed by atoms with van der Waals surface area (Å²) in [6, 6.07) is 8.64. The third kappa shape index (κ3) is 3.10. The van der Waals surface area contributed by atoms with Gasteiger partial charge in [-0.25, -0.2) is 0 Å². The number of fused-ring (bicyclic) bond motifs is 1. The molecular formula is C15H21NOS. The molecule has 2 N–H and O–H groups in total. The Morgan fingerprint density at radius 2 is 2.06 bits per heavy atom. The Labute approximate surface area is 113 Å². The molecule has 2 nitrogen and oxygen atoms in total. The molecule has 0 radical (unpaired) electrons. The van der Waals surface area contributed by atoms with Gasteiger partial charge in [-0.1, -0.05) is 18.2 Å². The molecule has 0 fully saturated rings. The Morgan fingerprint density at radius 1 is 1.33 bits per heavy atom. The molecule has 0 spiro atoms. The van der Waals surface area contributed by atoms with Crippen LogP contribution in [0.1, 0.15) is 25.8 Å². The molecule has 0 saturated carbocycles. The third-order valence-electron chi connectivity index (χ3n) is 3.35. The first-order valence-electron chi connectivity index (χ1n) is 6.28. The van der Waals surface area contributed by atoms with E-state index < -0.39 is 0 Å². The molecule has 98 valence electrons. The highest BCUT2D eigenvalue weighted by atomic mass is 32.1. The first-order chi connectivity index (χ1) is 8.52. The van der Waals surface area contributed by atoms with Crippen LogP contribution in [0.15, 0.2) is 29.6 Å². The van der Waals surface area contributed by atoms with Gasteiger partial charge in [-0.15, -0.1) is 11.3 Å².